The molecular formula is C13H19BrO. The van der Waals surface area contributed by atoms with Gasteiger partial charge in [-0.15, -0.1) is 0 Å². The lowest BCUT2D eigenvalue weighted by Gasteiger charge is -2.20. The second-order valence-corrected chi connectivity index (χ2v) is 6.08. The molecule has 0 fully saturated rings. The minimum absolute atomic E-state index is 0.288. The Labute approximate surface area is 101 Å². The summed E-state index contributed by atoms with van der Waals surface area (Å²) in [4.78, 5) is 0. The normalized spacial score (nSPS) is 13.9. The second kappa shape index (κ2) is 5.13. The third kappa shape index (κ3) is 4.80. The van der Waals surface area contributed by atoms with E-state index in [9.17, 15) is 5.11 Å². The first-order chi connectivity index (χ1) is 6.88. The van der Waals surface area contributed by atoms with Crippen LogP contribution in [0.3, 0.4) is 0 Å². The molecule has 0 spiro atoms. The highest BCUT2D eigenvalue weighted by molar-refractivity contribution is 9.10. The summed E-state index contributed by atoms with van der Waals surface area (Å²) in [5.41, 5.74) is 1.29. The van der Waals surface area contributed by atoms with Gasteiger partial charge in [0.25, 0.3) is 0 Å². The maximum atomic E-state index is 9.96. The summed E-state index contributed by atoms with van der Waals surface area (Å²) < 4.78 is 1.05. The molecule has 0 saturated carbocycles. The number of benzene rings is 1. The summed E-state index contributed by atoms with van der Waals surface area (Å²) in [7, 11) is 0. The lowest BCUT2D eigenvalue weighted by molar-refractivity contribution is 0.147. The van der Waals surface area contributed by atoms with Crippen molar-refractivity contribution in [3.63, 3.8) is 0 Å². The van der Waals surface area contributed by atoms with Crippen molar-refractivity contribution in [1.29, 1.82) is 0 Å². The van der Waals surface area contributed by atoms with Gasteiger partial charge < -0.3 is 5.11 Å². The van der Waals surface area contributed by atoms with Gasteiger partial charge in [-0.3, -0.25) is 0 Å². The van der Waals surface area contributed by atoms with E-state index in [2.05, 4.69) is 36.7 Å². The van der Waals surface area contributed by atoms with Gasteiger partial charge in [0.15, 0.2) is 0 Å². The maximum absolute atomic E-state index is 9.96. The number of halogens is 1. The number of aliphatic hydroxyl groups excluding tert-OH is 1. The van der Waals surface area contributed by atoms with Crippen LogP contribution in [0, 0.1) is 5.41 Å². The zero-order valence-corrected chi connectivity index (χ0v) is 11.2. The third-order valence-corrected chi connectivity index (χ3v) is 2.95. The van der Waals surface area contributed by atoms with Crippen molar-refractivity contribution < 1.29 is 5.11 Å². The molecule has 0 amide bonds. The molecule has 0 aliphatic rings. The van der Waals surface area contributed by atoms with Crippen molar-refractivity contribution in [2.75, 3.05) is 0 Å². The first kappa shape index (κ1) is 12.7. The summed E-state index contributed by atoms with van der Waals surface area (Å²) in [5.74, 6) is 0. The molecule has 1 aromatic carbocycles. The highest BCUT2D eigenvalue weighted by atomic mass is 79.9. The number of rotatable bonds is 3. The highest BCUT2D eigenvalue weighted by Gasteiger charge is 2.14. The lowest BCUT2D eigenvalue weighted by Crippen LogP contribution is -2.08. The Balaban J connectivity index is 2.54. The van der Waals surface area contributed by atoms with Crippen molar-refractivity contribution in [1.82, 2.24) is 0 Å². The Morgan fingerprint density at radius 2 is 1.73 bits per heavy atom. The van der Waals surface area contributed by atoms with Gasteiger partial charge in [-0.05, 0) is 36.0 Å². The van der Waals surface area contributed by atoms with Gasteiger partial charge in [0.2, 0.25) is 0 Å². The van der Waals surface area contributed by atoms with Crippen molar-refractivity contribution in [2.45, 2.75) is 39.7 Å². The van der Waals surface area contributed by atoms with Gasteiger partial charge in [-0.2, -0.15) is 0 Å². The molecule has 0 aliphatic carbocycles. The smallest absolute Gasteiger partial charge is 0.0790 e. The number of hydrogen-bond donors (Lipinski definition) is 1. The monoisotopic (exact) mass is 270 g/mol. The molecule has 2 heteroatoms. The van der Waals surface area contributed by atoms with Gasteiger partial charge in [-0.25, -0.2) is 0 Å². The number of hydrogen-bond acceptors (Lipinski definition) is 1. The topological polar surface area (TPSA) is 20.2 Å². The SMILES string of the molecule is CC(C)(C)CCC(O)c1ccc(Br)cc1. The first-order valence-electron chi connectivity index (χ1n) is 5.32. The van der Waals surface area contributed by atoms with Gasteiger partial charge in [0.05, 0.1) is 6.10 Å². The van der Waals surface area contributed by atoms with Gasteiger partial charge >= 0.3 is 0 Å². The summed E-state index contributed by atoms with van der Waals surface area (Å²) >= 11 is 3.38. The molecule has 84 valence electrons. The Kier molecular flexibility index (Phi) is 4.35. The minimum atomic E-state index is -0.336. The molecule has 1 rings (SSSR count). The van der Waals surface area contributed by atoms with Crippen molar-refractivity contribution in [3.8, 4) is 0 Å². The largest absolute Gasteiger partial charge is 0.388 e. The van der Waals surface area contributed by atoms with Crippen LogP contribution in [0.2, 0.25) is 0 Å². The summed E-state index contributed by atoms with van der Waals surface area (Å²) in [6.45, 7) is 6.59. The molecule has 0 heterocycles. The zero-order chi connectivity index (χ0) is 11.5. The van der Waals surface area contributed by atoms with E-state index in [0.717, 1.165) is 22.9 Å². The number of aliphatic hydroxyl groups is 1. The van der Waals surface area contributed by atoms with Crippen LogP contribution in [-0.4, -0.2) is 5.11 Å². The molecular weight excluding hydrogens is 252 g/mol. The van der Waals surface area contributed by atoms with E-state index < -0.39 is 0 Å². The van der Waals surface area contributed by atoms with E-state index in [1.807, 2.05) is 24.3 Å². The fourth-order valence-electron chi connectivity index (χ4n) is 1.42. The van der Waals surface area contributed by atoms with Gasteiger partial charge in [0.1, 0.15) is 0 Å². The van der Waals surface area contributed by atoms with Crippen LogP contribution < -0.4 is 0 Å². The van der Waals surface area contributed by atoms with Gasteiger partial charge in [0, 0.05) is 4.47 Å². The summed E-state index contributed by atoms with van der Waals surface area (Å²) in [5, 5.41) is 9.96. The average Bonchev–Trinajstić information content (AvgIpc) is 2.14. The van der Waals surface area contributed by atoms with Crippen LogP contribution in [-0.2, 0) is 0 Å². The van der Waals surface area contributed by atoms with Crippen LogP contribution >= 0.6 is 15.9 Å². The lowest BCUT2D eigenvalue weighted by atomic mass is 9.88. The van der Waals surface area contributed by atoms with Crippen LogP contribution in [0.4, 0.5) is 0 Å². The molecule has 0 bridgehead atoms. The summed E-state index contributed by atoms with van der Waals surface area (Å²) in [6.07, 6.45) is 1.52. The van der Waals surface area contributed by atoms with Crippen molar-refractivity contribution >= 4 is 15.9 Å². The predicted molar refractivity (Wildman–Crippen MR) is 67.8 cm³/mol. The van der Waals surface area contributed by atoms with Gasteiger partial charge in [-0.1, -0.05) is 48.8 Å². The molecule has 1 aromatic rings. The highest BCUT2D eigenvalue weighted by Crippen LogP contribution is 2.27. The fourth-order valence-corrected chi connectivity index (χ4v) is 1.69. The Hall–Kier alpha value is -0.340. The molecule has 1 atom stereocenters. The van der Waals surface area contributed by atoms with Crippen LogP contribution in [0.5, 0.6) is 0 Å². The third-order valence-electron chi connectivity index (χ3n) is 2.42. The van der Waals surface area contributed by atoms with E-state index >= 15 is 0 Å². The molecule has 1 unspecified atom stereocenters. The van der Waals surface area contributed by atoms with E-state index in [1.165, 1.54) is 0 Å². The quantitative estimate of drug-likeness (QED) is 0.868. The molecule has 0 radical (unpaired) electrons. The summed E-state index contributed by atoms with van der Waals surface area (Å²) in [6, 6.07) is 7.88. The standard InChI is InChI=1S/C13H19BrO/c1-13(2,3)9-8-12(15)10-4-6-11(14)7-5-10/h4-7,12,15H,8-9H2,1-3H3. The Morgan fingerprint density at radius 3 is 2.20 bits per heavy atom. The van der Waals surface area contributed by atoms with Crippen molar-refractivity contribution in [2.24, 2.45) is 5.41 Å². The van der Waals surface area contributed by atoms with Crippen LogP contribution in [0.1, 0.15) is 45.3 Å². The molecule has 0 aromatic heterocycles. The predicted octanol–water partition coefficient (Wildman–Crippen LogP) is 4.31. The molecule has 15 heavy (non-hydrogen) atoms. The Morgan fingerprint density at radius 1 is 1.20 bits per heavy atom. The first-order valence-corrected chi connectivity index (χ1v) is 6.11. The maximum Gasteiger partial charge on any atom is 0.0790 e. The Bertz CT molecular complexity index is 297. The molecule has 1 N–H and O–H groups in total. The zero-order valence-electron chi connectivity index (χ0n) is 9.63. The van der Waals surface area contributed by atoms with Crippen LogP contribution in [0.15, 0.2) is 28.7 Å². The average molecular weight is 271 g/mol. The van der Waals surface area contributed by atoms with E-state index in [4.69, 9.17) is 0 Å². The van der Waals surface area contributed by atoms with E-state index in [0.29, 0.717) is 0 Å². The van der Waals surface area contributed by atoms with Crippen molar-refractivity contribution in [3.05, 3.63) is 34.3 Å². The minimum Gasteiger partial charge on any atom is -0.388 e. The van der Waals surface area contributed by atoms with E-state index in [-0.39, 0.29) is 11.5 Å². The second-order valence-electron chi connectivity index (χ2n) is 5.17. The fraction of sp³-hybridized carbons (Fsp3) is 0.538. The molecule has 0 saturated heterocycles. The van der Waals surface area contributed by atoms with E-state index in [1.54, 1.807) is 0 Å². The molecule has 1 nitrogen and oxygen atoms in total. The van der Waals surface area contributed by atoms with Crippen LogP contribution in [0.25, 0.3) is 0 Å². The molecule has 0 aliphatic heterocycles.